The van der Waals surface area contributed by atoms with E-state index in [9.17, 15) is 14.0 Å². The number of halogens is 3. The fourth-order valence-electron chi connectivity index (χ4n) is 4.66. The molecule has 0 radical (unpaired) electrons. The first-order valence-electron chi connectivity index (χ1n) is 11.1. The molecule has 0 bridgehead atoms. The van der Waals surface area contributed by atoms with Gasteiger partial charge in [0.2, 0.25) is 0 Å². The molecule has 36 heavy (non-hydrogen) atoms. The summed E-state index contributed by atoms with van der Waals surface area (Å²) >= 11 is 5.79. The molecule has 1 aliphatic heterocycles. The average Bonchev–Trinajstić information content (AvgIpc) is 3.14. The second-order valence-electron chi connectivity index (χ2n) is 8.48. The highest BCUT2D eigenvalue weighted by atomic mass is 127. The number of carbonyl (C=O) groups is 2. The first-order chi connectivity index (χ1) is 17.3. The molecular weight excluding hydrogens is 640 g/mol. The Hall–Kier alpha value is -2.98. The average molecular weight is 660 g/mol. The minimum atomic E-state index is -0.621. The SMILES string of the molecule is COC(=O)C1=C(C)NC2=C(C(=O)c3ccccc32)[C@@H]1c1cc(Br)c(OCc2ccc(F)cc2)c(I)c1. The lowest BCUT2D eigenvalue weighted by Gasteiger charge is -2.29. The number of dihydropyridines is 1. The quantitative estimate of drug-likeness (QED) is 0.250. The van der Waals surface area contributed by atoms with Crippen molar-refractivity contribution in [3.8, 4) is 5.75 Å². The summed E-state index contributed by atoms with van der Waals surface area (Å²) in [4.78, 5) is 26.5. The lowest BCUT2D eigenvalue weighted by atomic mass is 9.80. The molecule has 0 saturated heterocycles. The predicted octanol–water partition coefficient (Wildman–Crippen LogP) is 6.51. The van der Waals surface area contributed by atoms with Crippen LogP contribution >= 0.6 is 38.5 Å². The standard InChI is InChI=1S/C28H20BrFINO4/c1-14-22(28(34)35-2)23(24-25(32-14)18-5-3-4-6-19(18)26(24)33)16-11-20(29)27(21(31)12-16)36-13-15-7-9-17(30)10-8-15/h3-12,23,32H,13H2,1-2H3/t23-/m1/s1. The highest BCUT2D eigenvalue weighted by molar-refractivity contribution is 14.1. The number of rotatable bonds is 5. The lowest BCUT2D eigenvalue weighted by molar-refractivity contribution is -0.136. The molecule has 1 N–H and O–H groups in total. The number of esters is 1. The van der Waals surface area contributed by atoms with Gasteiger partial charge in [-0.3, -0.25) is 4.79 Å². The van der Waals surface area contributed by atoms with Gasteiger partial charge in [-0.25, -0.2) is 9.18 Å². The van der Waals surface area contributed by atoms with Gasteiger partial charge in [0.1, 0.15) is 18.2 Å². The van der Waals surface area contributed by atoms with Crippen LogP contribution in [0.15, 0.2) is 82.0 Å². The Morgan fingerprint density at radius 2 is 1.81 bits per heavy atom. The maximum atomic E-state index is 13.6. The Bertz CT molecular complexity index is 1460. The summed E-state index contributed by atoms with van der Waals surface area (Å²) in [5, 5.41) is 3.29. The second-order valence-corrected chi connectivity index (χ2v) is 10.5. The van der Waals surface area contributed by atoms with Gasteiger partial charge >= 0.3 is 5.97 Å². The van der Waals surface area contributed by atoms with Crippen LogP contribution in [-0.4, -0.2) is 18.9 Å². The van der Waals surface area contributed by atoms with Gasteiger partial charge in [0.25, 0.3) is 0 Å². The van der Waals surface area contributed by atoms with Crippen LogP contribution in [0.1, 0.15) is 39.9 Å². The Morgan fingerprint density at radius 1 is 1.11 bits per heavy atom. The molecular formula is C28H20BrFINO4. The van der Waals surface area contributed by atoms with Crippen LogP contribution in [0.5, 0.6) is 5.75 Å². The maximum Gasteiger partial charge on any atom is 0.336 e. The van der Waals surface area contributed by atoms with Gasteiger partial charge in [0, 0.05) is 28.3 Å². The highest BCUT2D eigenvalue weighted by Crippen LogP contribution is 2.48. The number of ketones is 1. The Labute approximate surface area is 229 Å². The molecule has 0 amide bonds. The van der Waals surface area contributed by atoms with Crippen LogP contribution in [0.25, 0.3) is 5.70 Å². The van der Waals surface area contributed by atoms with Gasteiger partial charge in [-0.15, -0.1) is 0 Å². The molecule has 2 aliphatic rings. The number of hydrogen-bond acceptors (Lipinski definition) is 5. The van der Waals surface area contributed by atoms with Crippen molar-refractivity contribution < 1.29 is 23.5 Å². The number of ether oxygens (including phenoxy) is 2. The molecule has 3 aromatic carbocycles. The van der Waals surface area contributed by atoms with Gasteiger partial charge in [-0.2, -0.15) is 0 Å². The lowest BCUT2D eigenvalue weighted by Crippen LogP contribution is -2.29. The fourth-order valence-corrected chi connectivity index (χ4v) is 6.43. The normalized spacial score (nSPS) is 16.5. The van der Waals surface area contributed by atoms with E-state index in [0.717, 1.165) is 20.3 Å². The molecule has 1 heterocycles. The minimum Gasteiger partial charge on any atom is -0.487 e. The Morgan fingerprint density at radius 3 is 2.47 bits per heavy atom. The van der Waals surface area contributed by atoms with E-state index in [1.807, 2.05) is 37.3 Å². The molecule has 3 aromatic rings. The fraction of sp³-hybridized carbons (Fsp3) is 0.143. The molecule has 0 unspecified atom stereocenters. The summed E-state index contributed by atoms with van der Waals surface area (Å²) < 4.78 is 25.9. The molecule has 0 fully saturated rings. The van der Waals surface area contributed by atoms with Crippen molar-refractivity contribution in [2.75, 3.05) is 7.11 Å². The van der Waals surface area contributed by atoms with Crippen molar-refractivity contribution in [1.82, 2.24) is 5.32 Å². The van der Waals surface area contributed by atoms with Gasteiger partial charge < -0.3 is 14.8 Å². The second kappa shape index (κ2) is 9.82. The van der Waals surface area contributed by atoms with Gasteiger partial charge in [-0.1, -0.05) is 36.4 Å². The van der Waals surface area contributed by atoms with E-state index >= 15 is 0 Å². The topological polar surface area (TPSA) is 64.6 Å². The van der Waals surface area contributed by atoms with E-state index < -0.39 is 11.9 Å². The number of fused-ring (bicyclic) bond motifs is 2. The molecule has 182 valence electrons. The van der Waals surface area contributed by atoms with Crippen molar-refractivity contribution >= 4 is 56.0 Å². The Balaban J connectivity index is 1.57. The molecule has 8 heteroatoms. The third-order valence-electron chi connectivity index (χ3n) is 6.30. The number of hydrogen-bond donors (Lipinski definition) is 1. The maximum absolute atomic E-state index is 13.6. The number of benzene rings is 3. The summed E-state index contributed by atoms with van der Waals surface area (Å²) in [5.74, 6) is -0.918. The van der Waals surface area contributed by atoms with E-state index in [-0.39, 0.29) is 18.2 Å². The van der Waals surface area contributed by atoms with Gasteiger partial charge in [-0.05, 0) is 80.8 Å². The molecule has 5 nitrogen and oxygen atoms in total. The first kappa shape index (κ1) is 24.7. The minimum absolute atomic E-state index is 0.116. The van der Waals surface area contributed by atoms with Crippen molar-refractivity contribution in [3.63, 3.8) is 0 Å². The predicted molar refractivity (Wildman–Crippen MR) is 146 cm³/mol. The number of carbonyl (C=O) groups excluding carboxylic acids is 2. The summed E-state index contributed by atoms with van der Waals surface area (Å²) in [6, 6.07) is 17.3. The van der Waals surface area contributed by atoms with Gasteiger partial charge in [0.05, 0.1) is 26.4 Å². The van der Waals surface area contributed by atoms with Crippen LogP contribution in [0.2, 0.25) is 0 Å². The van der Waals surface area contributed by atoms with E-state index in [1.54, 1.807) is 18.2 Å². The number of nitrogens with one attached hydrogen (secondary N) is 1. The number of methoxy groups -OCH3 is 1. The van der Waals surface area contributed by atoms with Crippen LogP contribution < -0.4 is 10.1 Å². The third kappa shape index (κ3) is 4.26. The van der Waals surface area contributed by atoms with Crippen LogP contribution in [0.4, 0.5) is 4.39 Å². The van der Waals surface area contributed by atoms with Crippen molar-refractivity contribution in [2.45, 2.75) is 19.4 Å². The zero-order valence-electron chi connectivity index (χ0n) is 19.3. The summed E-state index contributed by atoms with van der Waals surface area (Å²) in [6.07, 6.45) is 0. The zero-order valence-corrected chi connectivity index (χ0v) is 23.1. The van der Waals surface area contributed by atoms with Crippen LogP contribution in [0.3, 0.4) is 0 Å². The van der Waals surface area contributed by atoms with Crippen LogP contribution in [-0.2, 0) is 16.1 Å². The first-order valence-corrected chi connectivity index (χ1v) is 13.0. The van der Waals surface area contributed by atoms with E-state index in [0.29, 0.717) is 38.3 Å². The van der Waals surface area contributed by atoms with Crippen LogP contribution in [0, 0.1) is 9.39 Å². The highest BCUT2D eigenvalue weighted by Gasteiger charge is 2.43. The van der Waals surface area contributed by atoms with E-state index in [2.05, 4.69) is 43.8 Å². The number of Topliss-reactive ketones (excluding diaryl/α,β-unsaturated/α-hetero) is 1. The monoisotopic (exact) mass is 659 g/mol. The van der Waals surface area contributed by atoms with E-state index in [1.165, 1.54) is 19.2 Å². The Kier molecular flexibility index (Phi) is 6.74. The van der Waals surface area contributed by atoms with Crippen molar-refractivity contribution in [3.05, 3.63) is 114 Å². The molecule has 0 saturated carbocycles. The summed E-state index contributed by atoms with van der Waals surface area (Å²) in [5.41, 5.74) is 5.27. The largest absolute Gasteiger partial charge is 0.487 e. The number of allylic oxidation sites excluding steroid dienone is 2. The van der Waals surface area contributed by atoms with Crippen molar-refractivity contribution in [2.24, 2.45) is 0 Å². The summed E-state index contributed by atoms with van der Waals surface area (Å²) in [6.45, 7) is 2.08. The molecule has 5 rings (SSSR count). The third-order valence-corrected chi connectivity index (χ3v) is 7.69. The molecule has 1 aliphatic carbocycles. The zero-order chi connectivity index (χ0) is 25.6. The van der Waals surface area contributed by atoms with Gasteiger partial charge in [0.15, 0.2) is 5.78 Å². The van der Waals surface area contributed by atoms with E-state index in [4.69, 9.17) is 9.47 Å². The smallest absolute Gasteiger partial charge is 0.336 e. The molecule has 1 atom stereocenters. The van der Waals surface area contributed by atoms with Crippen molar-refractivity contribution in [1.29, 1.82) is 0 Å². The molecule has 0 spiro atoms. The molecule has 0 aromatic heterocycles. The summed E-state index contributed by atoms with van der Waals surface area (Å²) in [7, 11) is 1.33.